The van der Waals surface area contributed by atoms with Gasteiger partial charge in [0.25, 0.3) is 0 Å². The van der Waals surface area contributed by atoms with Crippen molar-refractivity contribution in [2.45, 2.75) is 32.9 Å². The van der Waals surface area contributed by atoms with Gasteiger partial charge in [-0.25, -0.2) is 0 Å². The average molecular weight is 374 g/mol. The number of carbonyl (C=O) groups excluding carboxylic acids is 1. The fourth-order valence-corrected chi connectivity index (χ4v) is 2.72. The van der Waals surface area contributed by atoms with Gasteiger partial charge in [-0.05, 0) is 31.4 Å². The van der Waals surface area contributed by atoms with Crippen LogP contribution < -0.4 is 0 Å². The van der Waals surface area contributed by atoms with E-state index in [1.165, 1.54) is 12.1 Å². The number of benzene rings is 2. The molecule has 0 bridgehead atoms. The maximum atomic E-state index is 12.5. The molecule has 3 rings (SSSR count). The number of aryl methyl sites for hydroxylation is 3. The molecule has 0 N–H and O–H groups in total. The maximum absolute atomic E-state index is 12.5. The normalized spacial score (nSPS) is 11.6. The van der Waals surface area contributed by atoms with Crippen LogP contribution in [0.25, 0.3) is 11.4 Å². The van der Waals surface area contributed by atoms with Crippen molar-refractivity contribution in [2.75, 3.05) is 0 Å². The predicted octanol–water partition coefficient (Wildman–Crippen LogP) is 5.19. The molecule has 0 saturated heterocycles. The van der Waals surface area contributed by atoms with E-state index in [0.29, 0.717) is 24.0 Å². The number of hydrogen-bond donors (Lipinski definition) is 0. The van der Waals surface area contributed by atoms with Crippen molar-refractivity contribution in [3.63, 3.8) is 0 Å². The minimum atomic E-state index is -4.69. The highest BCUT2D eigenvalue weighted by atomic mass is 19.4. The number of nitrogens with zero attached hydrogens (tertiary/aromatic N) is 2. The lowest BCUT2D eigenvalue weighted by atomic mass is 9.98. The van der Waals surface area contributed by atoms with Gasteiger partial charge < -0.3 is 4.52 Å². The van der Waals surface area contributed by atoms with Gasteiger partial charge in [-0.3, -0.25) is 4.79 Å². The summed E-state index contributed by atoms with van der Waals surface area (Å²) in [7, 11) is 0. The van der Waals surface area contributed by atoms with Crippen LogP contribution in [-0.2, 0) is 12.6 Å². The molecule has 0 aliphatic rings. The zero-order valence-corrected chi connectivity index (χ0v) is 14.8. The molecule has 0 unspecified atom stereocenters. The molecule has 140 valence electrons. The summed E-state index contributed by atoms with van der Waals surface area (Å²) in [6, 6.07) is 12.3. The fourth-order valence-electron chi connectivity index (χ4n) is 2.72. The van der Waals surface area contributed by atoms with Gasteiger partial charge in [-0.1, -0.05) is 53.2 Å². The summed E-state index contributed by atoms with van der Waals surface area (Å²) in [5.41, 5.74) is 4.25. The Hall–Kier alpha value is -2.96. The second-order valence-electron chi connectivity index (χ2n) is 6.35. The Labute approximate surface area is 154 Å². The minimum Gasteiger partial charge on any atom is -0.329 e. The minimum absolute atomic E-state index is 0.0356. The van der Waals surface area contributed by atoms with Crippen molar-refractivity contribution < 1.29 is 22.5 Å². The summed E-state index contributed by atoms with van der Waals surface area (Å²) in [6.07, 6.45) is -3.70. The van der Waals surface area contributed by atoms with Gasteiger partial charge in [0.15, 0.2) is 5.78 Å². The average Bonchev–Trinajstić information content (AvgIpc) is 3.13. The second kappa shape index (κ2) is 7.34. The van der Waals surface area contributed by atoms with Crippen LogP contribution in [0.15, 0.2) is 47.0 Å². The first-order valence-corrected chi connectivity index (χ1v) is 8.35. The van der Waals surface area contributed by atoms with Gasteiger partial charge in [0.1, 0.15) is 0 Å². The SMILES string of the molecule is Cc1ccc(C)c(CCC(=O)c2ccc(-c3noc(C(F)(F)F)n3)cc2)c1. The number of aromatic nitrogens is 2. The summed E-state index contributed by atoms with van der Waals surface area (Å²) >= 11 is 0. The van der Waals surface area contributed by atoms with Gasteiger partial charge in [-0.15, -0.1) is 0 Å². The Morgan fingerprint density at radius 3 is 2.41 bits per heavy atom. The van der Waals surface area contributed by atoms with Crippen molar-refractivity contribution in [2.24, 2.45) is 0 Å². The van der Waals surface area contributed by atoms with Crippen LogP contribution >= 0.6 is 0 Å². The third-order valence-electron chi connectivity index (χ3n) is 4.26. The van der Waals surface area contributed by atoms with E-state index in [0.717, 1.165) is 16.7 Å². The summed E-state index contributed by atoms with van der Waals surface area (Å²) in [5.74, 6) is -1.60. The summed E-state index contributed by atoms with van der Waals surface area (Å²) < 4.78 is 41.8. The Morgan fingerprint density at radius 1 is 1.07 bits per heavy atom. The highest BCUT2D eigenvalue weighted by Gasteiger charge is 2.38. The summed E-state index contributed by atoms with van der Waals surface area (Å²) in [5, 5.41) is 3.33. The molecule has 2 aromatic carbocycles. The van der Waals surface area contributed by atoms with Crippen LogP contribution in [0.5, 0.6) is 0 Å². The third-order valence-corrected chi connectivity index (χ3v) is 4.26. The standard InChI is InChI=1S/C20H17F3N2O2/c1-12-3-4-13(2)16(11-12)9-10-17(26)14-5-7-15(8-6-14)18-24-19(27-25-18)20(21,22)23/h3-8,11H,9-10H2,1-2H3. The van der Waals surface area contributed by atoms with E-state index in [9.17, 15) is 18.0 Å². The largest absolute Gasteiger partial charge is 0.471 e. The molecule has 4 nitrogen and oxygen atoms in total. The third kappa shape index (κ3) is 4.42. The van der Waals surface area contributed by atoms with Gasteiger partial charge in [0.05, 0.1) is 0 Å². The predicted molar refractivity (Wildman–Crippen MR) is 93.3 cm³/mol. The number of hydrogen-bond acceptors (Lipinski definition) is 4. The van der Waals surface area contributed by atoms with Crippen molar-refractivity contribution in [3.8, 4) is 11.4 Å². The molecule has 0 aliphatic carbocycles. The zero-order valence-electron chi connectivity index (χ0n) is 14.8. The molecular weight excluding hydrogens is 357 g/mol. The van der Waals surface area contributed by atoms with E-state index < -0.39 is 12.1 Å². The van der Waals surface area contributed by atoms with E-state index in [2.05, 4.69) is 20.7 Å². The van der Waals surface area contributed by atoms with E-state index in [1.807, 2.05) is 26.0 Å². The Morgan fingerprint density at radius 2 is 1.78 bits per heavy atom. The molecule has 1 heterocycles. The Kier molecular flexibility index (Phi) is 5.12. The molecule has 0 spiro atoms. The lowest BCUT2D eigenvalue weighted by Gasteiger charge is -2.07. The number of halogens is 3. The molecule has 0 atom stereocenters. The van der Waals surface area contributed by atoms with E-state index in [-0.39, 0.29) is 11.6 Å². The van der Waals surface area contributed by atoms with E-state index >= 15 is 0 Å². The van der Waals surface area contributed by atoms with Crippen LogP contribution in [0.2, 0.25) is 0 Å². The van der Waals surface area contributed by atoms with Crippen LogP contribution in [0, 0.1) is 13.8 Å². The molecule has 0 saturated carbocycles. The molecular formula is C20H17F3N2O2. The summed E-state index contributed by atoms with van der Waals surface area (Å²) in [6.45, 7) is 4.01. The van der Waals surface area contributed by atoms with E-state index in [4.69, 9.17) is 0 Å². The fraction of sp³-hybridized carbons (Fsp3) is 0.250. The van der Waals surface area contributed by atoms with Crippen molar-refractivity contribution in [3.05, 3.63) is 70.6 Å². The number of ketones is 1. The second-order valence-corrected chi connectivity index (χ2v) is 6.35. The van der Waals surface area contributed by atoms with Gasteiger partial charge in [0, 0.05) is 17.5 Å². The van der Waals surface area contributed by atoms with Crippen molar-refractivity contribution >= 4 is 5.78 Å². The number of rotatable bonds is 5. The number of Topliss-reactive ketones (excluding diaryl/α,β-unsaturated/α-hetero) is 1. The van der Waals surface area contributed by atoms with Crippen LogP contribution in [0.4, 0.5) is 13.2 Å². The monoisotopic (exact) mass is 374 g/mol. The highest BCUT2D eigenvalue weighted by Crippen LogP contribution is 2.29. The van der Waals surface area contributed by atoms with Crippen molar-refractivity contribution in [1.82, 2.24) is 10.1 Å². The van der Waals surface area contributed by atoms with E-state index in [1.54, 1.807) is 12.1 Å². The smallest absolute Gasteiger partial charge is 0.329 e. The first-order chi connectivity index (χ1) is 12.7. The van der Waals surface area contributed by atoms with Crippen LogP contribution in [0.1, 0.15) is 39.4 Å². The highest BCUT2D eigenvalue weighted by molar-refractivity contribution is 5.96. The lowest BCUT2D eigenvalue weighted by molar-refractivity contribution is -0.159. The summed E-state index contributed by atoms with van der Waals surface area (Å²) in [4.78, 5) is 15.7. The van der Waals surface area contributed by atoms with Crippen molar-refractivity contribution in [1.29, 1.82) is 0 Å². The van der Waals surface area contributed by atoms with Crippen LogP contribution in [-0.4, -0.2) is 15.9 Å². The molecule has 0 aliphatic heterocycles. The maximum Gasteiger partial charge on any atom is 0.471 e. The molecule has 3 aromatic rings. The Bertz CT molecular complexity index is 960. The number of carbonyl (C=O) groups is 1. The van der Waals surface area contributed by atoms with Crippen LogP contribution in [0.3, 0.4) is 0 Å². The molecule has 1 aromatic heterocycles. The number of alkyl halides is 3. The first-order valence-electron chi connectivity index (χ1n) is 8.35. The quantitative estimate of drug-likeness (QED) is 0.577. The first kappa shape index (κ1) is 18.8. The molecule has 0 amide bonds. The molecule has 27 heavy (non-hydrogen) atoms. The van der Waals surface area contributed by atoms with Gasteiger partial charge in [-0.2, -0.15) is 18.2 Å². The molecule has 7 heteroatoms. The molecule has 0 radical (unpaired) electrons. The Balaban J connectivity index is 1.68. The van der Waals surface area contributed by atoms with Gasteiger partial charge in [0.2, 0.25) is 5.82 Å². The molecule has 0 fully saturated rings. The topological polar surface area (TPSA) is 56.0 Å². The lowest BCUT2D eigenvalue weighted by Crippen LogP contribution is -2.05. The van der Waals surface area contributed by atoms with Gasteiger partial charge >= 0.3 is 12.1 Å². The zero-order chi connectivity index (χ0) is 19.6.